The van der Waals surface area contributed by atoms with Crippen LogP contribution in [0.4, 0.5) is 0 Å². The summed E-state index contributed by atoms with van der Waals surface area (Å²) in [6.07, 6.45) is 1.49. The minimum Gasteiger partial charge on any atom is -0.459 e. The smallest absolute Gasteiger partial charge is 0.287 e. The molecule has 1 heterocycles. The molecule has 0 saturated carbocycles. The zero-order chi connectivity index (χ0) is 10.4. The van der Waals surface area contributed by atoms with E-state index in [9.17, 15) is 4.79 Å². The first kappa shape index (κ1) is 10.8. The van der Waals surface area contributed by atoms with Gasteiger partial charge in [0.15, 0.2) is 5.76 Å². The molecule has 0 saturated heterocycles. The number of carbonyl (C=O) groups is 1. The van der Waals surface area contributed by atoms with E-state index in [1.165, 1.54) is 6.26 Å². The third-order valence-corrected chi connectivity index (χ3v) is 1.71. The lowest BCUT2D eigenvalue weighted by molar-refractivity contribution is 0.0926. The van der Waals surface area contributed by atoms with Crippen LogP contribution < -0.4 is 10.6 Å². The second-order valence-corrected chi connectivity index (χ2v) is 3.34. The van der Waals surface area contributed by atoms with E-state index >= 15 is 0 Å². The molecule has 0 bridgehead atoms. The Morgan fingerprint density at radius 1 is 1.50 bits per heavy atom. The van der Waals surface area contributed by atoms with E-state index in [1.54, 1.807) is 12.1 Å². The van der Waals surface area contributed by atoms with Crippen molar-refractivity contribution in [2.24, 2.45) is 0 Å². The fraction of sp³-hybridized carbons (Fsp3) is 0.500. The molecule has 0 aliphatic rings. The summed E-state index contributed by atoms with van der Waals surface area (Å²) in [4.78, 5) is 11.3. The Kier molecular flexibility index (Phi) is 4.19. The zero-order valence-electron chi connectivity index (χ0n) is 8.54. The molecule has 0 spiro atoms. The van der Waals surface area contributed by atoms with Crippen molar-refractivity contribution < 1.29 is 9.21 Å². The minimum atomic E-state index is -0.166. The second kappa shape index (κ2) is 5.44. The summed E-state index contributed by atoms with van der Waals surface area (Å²) in [6, 6.07) is 3.78. The van der Waals surface area contributed by atoms with Gasteiger partial charge in [0.05, 0.1) is 6.26 Å². The fourth-order valence-electron chi connectivity index (χ4n) is 1.03. The van der Waals surface area contributed by atoms with E-state index < -0.39 is 0 Å². The summed E-state index contributed by atoms with van der Waals surface area (Å²) < 4.78 is 4.94. The lowest BCUT2D eigenvalue weighted by Crippen LogP contribution is -2.34. The molecule has 0 aromatic carbocycles. The quantitative estimate of drug-likeness (QED) is 0.691. The summed E-state index contributed by atoms with van der Waals surface area (Å²) >= 11 is 0. The van der Waals surface area contributed by atoms with Crippen molar-refractivity contribution in [2.75, 3.05) is 13.1 Å². The Hall–Kier alpha value is -1.29. The van der Waals surface area contributed by atoms with Crippen molar-refractivity contribution >= 4 is 5.91 Å². The molecule has 1 rings (SSSR count). The van der Waals surface area contributed by atoms with E-state index in [0.717, 1.165) is 6.54 Å². The van der Waals surface area contributed by atoms with E-state index in [4.69, 9.17) is 4.42 Å². The molecule has 4 nitrogen and oxygen atoms in total. The predicted molar refractivity (Wildman–Crippen MR) is 54.2 cm³/mol. The van der Waals surface area contributed by atoms with Crippen molar-refractivity contribution in [3.63, 3.8) is 0 Å². The van der Waals surface area contributed by atoms with Crippen LogP contribution in [-0.2, 0) is 0 Å². The van der Waals surface area contributed by atoms with E-state index in [-0.39, 0.29) is 5.91 Å². The molecule has 0 fully saturated rings. The molecule has 1 aromatic heterocycles. The van der Waals surface area contributed by atoms with Crippen molar-refractivity contribution in [3.05, 3.63) is 24.2 Å². The number of furan rings is 1. The molecule has 2 N–H and O–H groups in total. The van der Waals surface area contributed by atoms with Gasteiger partial charge >= 0.3 is 0 Å². The third-order valence-electron chi connectivity index (χ3n) is 1.71. The van der Waals surface area contributed by atoms with Gasteiger partial charge in [-0.15, -0.1) is 0 Å². The first-order valence-electron chi connectivity index (χ1n) is 4.75. The van der Waals surface area contributed by atoms with Gasteiger partial charge in [0.1, 0.15) is 0 Å². The van der Waals surface area contributed by atoms with Crippen LogP contribution in [-0.4, -0.2) is 25.0 Å². The summed E-state index contributed by atoms with van der Waals surface area (Å²) in [5, 5.41) is 5.95. The summed E-state index contributed by atoms with van der Waals surface area (Å²) in [6.45, 7) is 5.50. The number of hydrogen-bond acceptors (Lipinski definition) is 3. The molecule has 0 aliphatic heterocycles. The van der Waals surface area contributed by atoms with E-state index in [0.29, 0.717) is 18.3 Å². The van der Waals surface area contributed by atoms with Gasteiger partial charge in [-0.3, -0.25) is 4.79 Å². The molecule has 4 heteroatoms. The number of carbonyl (C=O) groups excluding carboxylic acids is 1. The number of hydrogen-bond donors (Lipinski definition) is 2. The molecular weight excluding hydrogens is 180 g/mol. The van der Waals surface area contributed by atoms with Gasteiger partial charge in [-0.25, -0.2) is 0 Å². The molecule has 0 aliphatic carbocycles. The maximum atomic E-state index is 11.3. The largest absolute Gasteiger partial charge is 0.459 e. The van der Waals surface area contributed by atoms with Gasteiger partial charge < -0.3 is 15.1 Å². The average Bonchev–Trinajstić information content (AvgIpc) is 2.64. The topological polar surface area (TPSA) is 54.3 Å². The number of rotatable bonds is 5. The van der Waals surface area contributed by atoms with Gasteiger partial charge in [-0.05, 0) is 12.1 Å². The highest BCUT2D eigenvalue weighted by Gasteiger charge is 2.06. The summed E-state index contributed by atoms with van der Waals surface area (Å²) in [5.74, 6) is 0.190. The van der Waals surface area contributed by atoms with E-state index in [1.807, 2.05) is 0 Å². The highest BCUT2D eigenvalue weighted by molar-refractivity contribution is 5.91. The Labute approximate surface area is 83.7 Å². The third kappa shape index (κ3) is 3.62. The summed E-state index contributed by atoms with van der Waals surface area (Å²) in [5.41, 5.74) is 0. The first-order chi connectivity index (χ1) is 6.70. The van der Waals surface area contributed by atoms with E-state index in [2.05, 4.69) is 24.5 Å². The predicted octanol–water partition coefficient (Wildman–Crippen LogP) is 1.01. The van der Waals surface area contributed by atoms with Crippen LogP contribution in [0, 0.1) is 0 Å². The molecule has 14 heavy (non-hydrogen) atoms. The maximum absolute atomic E-state index is 11.3. The molecular formula is C10H16N2O2. The highest BCUT2D eigenvalue weighted by atomic mass is 16.3. The Bertz CT molecular complexity index is 268. The van der Waals surface area contributed by atoms with Crippen LogP contribution in [0.25, 0.3) is 0 Å². The van der Waals surface area contributed by atoms with Crippen molar-refractivity contribution in [2.45, 2.75) is 19.9 Å². The monoisotopic (exact) mass is 196 g/mol. The van der Waals surface area contributed by atoms with Crippen LogP contribution in [0.3, 0.4) is 0 Å². The van der Waals surface area contributed by atoms with Crippen molar-refractivity contribution in [3.8, 4) is 0 Å². The minimum absolute atomic E-state index is 0.166. The Morgan fingerprint density at radius 2 is 2.29 bits per heavy atom. The van der Waals surface area contributed by atoms with Crippen LogP contribution >= 0.6 is 0 Å². The molecule has 1 amide bonds. The van der Waals surface area contributed by atoms with Crippen molar-refractivity contribution in [1.29, 1.82) is 0 Å². The van der Waals surface area contributed by atoms with Crippen LogP contribution in [0.5, 0.6) is 0 Å². The lowest BCUT2D eigenvalue weighted by Gasteiger charge is -2.07. The van der Waals surface area contributed by atoms with Gasteiger partial charge in [-0.2, -0.15) is 0 Å². The number of nitrogens with one attached hydrogen (secondary N) is 2. The van der Waals surface area contributed by atoms with Gasteiger partial charge in [0.2, 0.25) is 0 Å². The van der Waals surface area contributed by atoms with Gasteiger partial charge in [0, 0.05) is 19.1 Å². The zero-order valence-corrected chi connectivity index (χ0v) is 8.54. The highest BCUT2D eigenvalue weighted by Crippen LogP contribution is 1.98. The molecule has 0 unspecified atom stereocenters. The normalized spacial score (nSPS) is 10.5. The number of amides is 1. The summed E-state index contributed by atoms with van der Waals surface area (Å²) in [7, 11) is 0. The lowest BCUT2D eigenvalue weighted by atomic mass is 10.4. The Morgan fingerprint density at radius 3 is 2.86 bits per heavy atom. The average molecular weight is 196 g/mol. The Balaban J connectivity index is 2.16. The standard InChI is InChI=1S/C10H16N2O2/c1-8(2)11-5-6-12-10(13)9-4-3-7-14-9/h3-4,7-8,11H,5-6H2,1-2H3,(H,12,13). The van der Waals surface area contributed by atoms with Gasteiger partial charge in [-0.1, -0.05) is 13.8 Å². The SMILES string of the molecule is CC(C)NCCNC(=O)c1ccco1. The first-order valence-corrected chi connectivity index (χ1v) is 4.75. The van der Waals surface area contributed by atoms with Crippen molar-refractivity contribution in [1.82, 2.24) is 10.6 Å². The second-order valence-electron chi connectivity index (χ2n) is 3.34. The molecule has 78 valence electrons. The van der Waals surface area contributed by atoms with Crippen LogP contribution in [0.15, 0.2) is 22.8 Å². The van der Waals surface area contributed by atoms with Gasteiger partial charge in [0.25, 0.3) is 5.91 Å². The maximum Gasteiger partial charge on any atom is 0.287 e. The molecule has 0 radical (unpaired) electrons. The molecule has 1 aromatic rings. The fourth-order valence-corrected chi connectivity index (χ4v) is 1.03. The molecule has 0 atom stereocenters. The van der Waals surface area contributed by atoms with Crippen LogP contribution in [0.2, 0.25) is 0 Å². The van der Waals surface area contributed by atoms with Crippen LogP contribution in [0.1, 0.15) is 24.4 Å².